The molecule has 0 saturated carbocycles. The van der Waals surface area contributed by atoms with E-state index in [1.807, 2.05) is 42.8 Å². The number of fused-ring (bicyclic) bond motifs is 1. The van der Waals surface area contributed by atoms with Crippen LogP contribution in [0.3, 0.4) is 0 Å². The minimum Gasteiger partial charge on any atom is -0.351 e. The first-order chi connectivity index (χ1) is 15.9. The molecular formula is C23H26N8O2. The van der Waals surface area contributed by atoms with Gasteiger partial charge in [0.25, 0.3) is 0 Å². The predicted molar refractivity (Wildman–Crippen MR) is 128 cm³/mol. The molecule has 0 aliphatic carbocycles. The number of anilines is 2. The summed E-state index contributed by atoms with van der Waals surface area (Å²) < 4.78 is 0. The Morgan fingerprint density at radius 1 is 1.33 bits per heavy atom. The summed E-state index contributed by atoms with van der Waals surface area (Å²) >= 11 is 0. The number of aromatic nitrogens is 4. The van der Waals surface area contributed by atoms with E-state index in [1.54, 1.807) is 17.4 Å². The van der Waals surface area contributed by atoms with Crippen molar-refractivity contribution in [1.82, 2.24) is 25.1 Å². The van der Waals surface area contributed by atoms with Gasteiger partial charge in [-0.15, -0.1) is 0 Å². The quantitative estimate of drug-likeness (QED) is 0.268. The number of amides is 1. The van der Waals surface area contributed by atoms with Crippen molar-refractivity contribution < 1.29 is 9.59 Å². The van der Waals surface area contributed by atoms with Crippen LogP contribution in [-0.2, 0) is 4.79 Å². The molecule has 1 aliphatic heterocycles. The molecule has 170 valence electrons. The summed E-state index contributed by atoms with van der Waals surface area (Å²) in [4.78, 5) is 42.7. The molecule has 0 bridgehead atoms. The van der Waals surface area contributed by atoms with Crippen LogP contribution in [0.1, 0.15) is 23.0 Å². The first kappa shape index (κ1) is 22.1. The zero-order valence-electron chi connectivity index (χ0n) is 18.9. The van der Waals surface area contributed by atoms with Crippen LogP contribution >= 0.6 is 0 Å². The normalized spacial score (nSPS) is 16.4. The van der Waals surface area contributed by atoms with E-state index in [-0.39, 0.29) is 17.6 Å². The van der Waals surface area contributed by atoms with Crippen molar-refractivity contribution in [3.63, 3.8) is 0 Å². The van der Waals surface area contributed by atoms with Gasteiger partial charge in [-0.1, -0.05) is 12.6 Å². The maximum Gasteiger partial charge on any atom is 0.246 e. The Hall–Kier alpha value is -4.08. The van der Waals surface area contributed by atoms with E-state index in [9.17, 15) is 9.59 Å². The highest BCUT2D eigenvalue weighted by Gasteiger charge is 2.28. The summed E-state index contributed by atoms with van der Waals surface area (Å²) in [6, 6.07) is 3.96. The molecule has 1 fully saturated rings. The summed E-state index contributed by atoms with van der Waals surface area (Å²) in [5, 5.41) is 8.09. The molecule has 33 heavy (non-hydrogen) atoms. The Bertz CT molecular complexity index is 1230. The molecule has 1 saturated heterocycles. The molecule has 10 nitrogen and oxygen atoms in total. The third kappa shape index (κ3) is 4.19. The standard InChI is InChI=1S/C23H26N8O2/c1-5-20(33)31-9-8-30(11-16(31)3)23-21(19(12-32)24-13-25-23)26-14-29(4)22-15(2)6-7-18-17(22)10-27-28-18/h5-7,10,12-14,16H,1,8-9,11H2,2-4H3,(H,27,28). The van der Waals surface area contributed by atoms with E-state index in [2.05, 4.69) is 31.7 Å². The van der Waals surface area contributed by atoms with Crippen LogP contribution in [0.25, 0.3) is 10.9 Å². The van der Waals surface area contributed by atoms with Crippen LogP contribution < -0.4 is 9.80 Å². The molecule has 2 aromatic heterocycles. The number of aryl methyl sites for hydroxylation is 1. The third-order valence-electron chi connectivity index (χ3n) is 5.84. The lowest BCUT2D eigenvalue weighted by Gasteiger charge is -2.40. The number of piperazine rings is 1. The van der Waals surface area contributed by atoms with Gasteiger partial charge in [-0.05, 0) is 31.6 Å². The predicted octanol–water partition coefficient (Wildman–Crippen LogP) is 2.49. The lowest BCUT2D eigenvalue weighted by Crippen LogP contribution is -2.54. The maximum atomic E-state index is 12.1. The summed E-state index contributed by atoms with van der Waals surface area (Å²) in [5.74, 6) is 0.467. The Balaban J connectivity index is 1.66. The van der Waals surface area contributed by atoms with E-state index in [4.69, 9.17) is 0 Å². The van der Waals surface area contributed by atoms with Gasteiger partial charge in [0, 0.05) is 38.1 Å². The smallest absolute Gasteiger partial charge is 0.246 e. The van der Waals surface area contributed by atoms with Crippen LogP contribution in [-0.4, -0.2) is 76.3 Å². The highest BCUT2D eigenvalue weighted by molar-refractivity contribution is 5.99. The molecule has 4 rings (SSSR count). The van der Waals surface area contributed by atoms with E-state index in [0.29, 0.717) is 37.4 Å². The number of carbonyl (C=O) groups is 2. The van der Waals surface area contributed by atoms with Crippen molar-refractivity contribution in [2.75, 3.05) is 36.5 Å². The average molecular weight is 447 g/mol. The number of nitrogens with zero attached hydrogens (tertiary/aromatic N) is 7. The fraction of sp³-hybridized carbons (Fsp3) is 0.304. The van der Waals surface area contributed by atoms with Gasteiger partial charge >= 0.3 is 0 Å². The zero-order valence-corrected chi connectivity index (χ0v) is 18.9. The van der Waals surface area contributed by atoms with Crippen LogP contribution in [0.5, 0.6) is 0 Å². The molecule has 10 heteroatoms. The van der Waals surface area contributed by atoms with Crippen LogP contribution in [0, 0.1) is 6.92 Å². The van der Waals surface area contributed by atoms with Gasteiger partial charge in [0.1, 0.15) is 17.7 Å². The SMILES string of the molecule is C=CC(=O)N1CCN(c2ncnc(C=O)c2N=CN(C)c2c(C)ccc3[nH]ncc23)CC1C. The maximum absolute atomic E-state index is 12.1. The number of benzene rings is 1. The van der Waals surface area contributed by atoms with Crippen LogP contribution in [0.4, 0.5) is 17.2 Å². The highest BCUT2D eigenvalue weighted by Crippen LogP contribution is 2.31. The van der Waals surface area contributed by atoms with Gasteiger partial charge in [-0.2, -0.15) is 5.10 Å². The van der Waals surface area contributed by atoms with Crippen LogP contribution in [0.2, 0.25) is 0 Å². The second-order valence-corrected chi connectivity index (χ2v) is 8.00. The number of rotatable bonds is 6. The molecule has 0 radical (unpaired) electrons. The minimum absolute atomic E-state index is 0.0419. The molecule has 3 aromatic rings. The van der Waals surface area contributed by atoms with Gasteiger partial charge in [-0.25, -0.2) is 15.0 Å². The summed E-state index contributed by atoms with van der Waals surface area (Å²) in [5.41, 5.74) is 3.55. The monoisotopic (exact) mass is 446 g/mol. The van der Waals surface area contributed by atoms with Gasteiger partial charge in [0.2, 0.25) is 5.91 Å². The third-order valence-corrected chi connectivity index (χ3v) is 5.84. The number of aliphatic imine (C=N–C) groups is 1. The van der Waals surface area contributed by atoms with Crippen molar-refractivity contribution in [3.05, 3.63) is 48.6 Å². The Morgan fingerprint density at radius 2 is 2.15 bits per heavy atom. The molecule has 1 aliphatic rings. The molecule has 0 spiro atoms. The van der Waals surface area contributed by atoms with Gasteiger partial charge < -0.3 is 14.7 Å². The lowest BCUT2D eigenvalue weighted by atomic mass is 10.1. The van der Waals surface area contributed by atoms with E-state index >= 15 is 0 Å². The van der Waals surface area contributed by atoms with Gasteiger partial charge in [0.15, 0.2) is 12.1 Å². The molecular weight excluding hydrogens is 420 g/mol. The topological polar surface area (TPSA) is 111 Å². The minimum atomic E-state index is -0.0953. The number of hydrogen-bond donors (Lipinski definition) is 1. The highest BCUT2D eigenvalue weighted by atomic mass is 16.2. The van der Waals surface area contributed by atoms with Crippen molar-refractivity contribution in [2.45, 2.75) is 19.9 Å². The first-order valence-corrected chi connectivity index (χ1v) is 10.6. The second kappa shape index (κ2) is 9.19. The fourth-order valence-corrected chi connectivity index (χ4v) is 4.20. The van der Waals surface area contributed by atoms with Crippen molar-refractivity contribution >= 4 is 46.6 Å². The number of hydrogen-bond acceptors (Lipinski definition) is 7. The van der Waals surface area contributed by atoms with Crippen molar-refractivity contribution in [3.8, 4) is 0 Å². The first-order valence-electron chi connectivity index (χ1n) is 10.6. The van der Waals surface area contributed by atoms with E-state index < -0.39 is 0 Å². The summed E-state index contributed by atoms with van der Waals surface area (Å²) in [6.45, 7) is 9.21. The van der Waals surface area contributed by atoms with Crippen LogP contribution in [0.15, 0.2) is 42.3 Å². The molecule has 1 aromatic carbocycles. The largest absolute Gasteiger partial charge is 0.351 e. The molecule has 1 N–H and O–H groups in total. The second-order valence-electron chi connectivity index (χ2n) is 8.00. The number of H-pyrrole nitrogens is 1. The summed E-state index contributed by atoms with van der Waals surface area (Å²) in [7, 11) is 1.89. The zero-order chi connectivity index (χ0) is 23.5. The Morgan fingerprint density at radius 3 is 2.88 bits per heavy atom. The number of nitrogens with one attached hydrogen (secondary N) is 1. The van der Waals surface area contributed by atoms with Crippen molar-refractivity contribution in [2.24, 2.45) is 4.99 Å². The van der Waals surface area contributed by atoms with Crippen molar-refractivity contribution in [1.29, 1.82) is 0 Å². The fourth-order valence-electron chi connectivity index (χ4n) is 4.20. The Kier molecular flexibility index (Phi) is 6.16. The molecule has 1 unspecified atom stereocenters. The molecule has 3 heterocycles. The van der Waals surface area contributed by atoms with E-state index in [1.165, 1.54) is 12.4 Å². The molecule has 1 atom stereocenters. The van der Waals surface area contributed by atoms with E-state index in [0.717, 1.165) is 22.2 Å². The number of carbonyl (C=O) groups excluding carboxylic acids is 2. The van der Waals surface area contributed by atoms with Gasteiger partial charge in [-0.3, -0.25) is 14.7 Å². The average Bonchev–Trinajstić information content (AvgIpc) is 3.30. The van der Waals surface area contributed by atoms with Gasteiger partial charge in [0.05, 0.1) is 23.7 Å². The number of aldehydes is 1. The summed E-state index contributed by atoms with van der Waals surface area (Å²) in [6.07, 6.45) is 6.81. The Labute approximate surface area is 191 Å². The molecule has 1 amide bonds. The number of aromatic amines is 1. The lowest BCUT2D eigenvalue weighted by molar-refractivity contribution is -0.128.